The quantitative estimate of drug-likeness (QED) is 0.878. The van der Waals surface area contributed by atoms with Gasteiger partial charge in [-0.1, -0.05) is 6.07 Å². The first-order valence-electron chi connectivity index (χ1n) is 6.25. The van der Waals surface area contributed by atoms with E-state index in [0.29, 0.717) is 0 Å². The van der Waals surface area contributed by atoms with Crippen molar-refractivity contribution in [3.05, 3.63) is 47.9 Å². The van der Waals surface area contributed by atoms with E-state index in [-0.39, 0.29) is 11.9 Å². The van der Waals surface area contributed by atoms with E-state index >= 15 is 0 Å². The summed E-state index contributed by atoms with van der Waals surface area (Å²) in [5, 5.41) is 6.10. The molecule has 2 N–H and O–H groups in total. The molecule has 0 aliphatic rings. The summed E-state index contributed by atoms with van der Waals surface area (Å²) in [5.74, 6) is 1.71. The van der Waals surface area contributed by atoms with Crippen molar-refractivity contribution in [2.45, 2.75) is 26.8 Å². The van der Waals surface area contributed by atoms with Gasteiger partial charge in [-0.15, -0.1) is 0 Å². The first kappa shape index (κ1) is 13.2. The van der Waals surface area contributed by atoms with Crippen LogP contribution < -0.4 is 10.6 Å². The number of benzene rings is 1. The lowest BCUT2D eigenvalue weighted by molar-refractivity contribution is -0.114. The Balaban J connectivity index is 2.08. The molecule has 0 aliphatic carbocycles. The molecule has 100 valence electrons. The molecule has 0 bridgehead atoms. The van der Waals surface area contributed by atoms with Gasteiger partial charge >= 0.3 is 0 Å². The third-order valence-corrected chi connectivity index (χ3v) is 2.75. The van der Waals surface area contributed by atoms with Gasteiger partial charge in [0.05, 0.1) is 6.04 Å². The van der Waals surface area contributed by atoms with Crippen LogP contribution in [0.15, 0.2) is 40.8 Å². The maximum Gasteiger partial charge on any atom is 0.221 e. The van der Waals surface area contributed by atoms with Crippen molar-refractivity contribution < 1.29 is 9.21 Å². The normalized spacial score (nSPS) is 11.9. The van der Waals surface area contributed by atoms with E-state index in [4.69, 9.17) is 4.42 Å². The molecule has 0 saturated heterocycles. The lowest BCUT2D eigenvalue weighted by Crippen LogP contribution is -2.08. The Bertz CT molecular complexity index is 575. The molecule has 4 heteroatoms. The fraction of sp³-hybridized carbons (Fsp3) is 0.267. The molecule has 1 atom stereocenters. The van der Waals surface area contributed by atoms with Crippen LogP contribution in [0.4, 0.5) is 11.4 Å². The van der Waals surface area contributed by atoms with Crippen molar-refractivity contribution in [3.8, 4) is 0 Å². The summed E-state index contributed by atoms with van der Waals surface area (Å²) in [6.45, 7) is 5.45. The van der Waals surface area contributed by atoms with Crippen molar-refractivity contribution in [2.75, 3.05) is 10.6 Å². The number of carbonyl (C=O) groups is 1. The molecule has 19 heavy (non-hydrogen) atoms. The number of hydrogen-bond donors (Lipinski definition) is 2. The van der Waals surface area contributed by atoms with Gasteiger partial charge in [0.15, 0.2) is 0 Å². The molecule has 2 rings (SSSR count). The summed E-state index contributed by atoms with van der Waals surface area (Å²) < 4.78 is 5.58. The van der Waals surface area contributed by atoms with Crippen LogP contribution in [0.1, 0.15) is 31.4 Å². The van der Waals surface area contributed by atoms with Gasteiger partial charge < -0.3 is 15.1 Å². The van der Waals surface area contributed by atoms with E-state index < -0.39 is 0 Å². The van der Waals surface area contributed by atoms with Crippen LogP contribution in [0, 0.1) is 6.92 Å². The predicted molar refractivity (Wildman–Crippen MR) is 76.2 cm³/mol. The Morgan fingerprint density at radius 1 is 1.21 bits per heavy atom. The molecule has 0 aliphatic heterocycles. The minimum Gasteiger partial charge on any atom is -0.464 e. The minimum atomic E-state index is -0.0770. The number of aryl methyl sites for hydroxylation is 1. The maximum atomic E-state index is 11.0. The van der Waals surface area contributed by atoms with Crippen molar-refractivity contribution in [2.24, 2.45) is 0 Å². The van der Waals surface area contributed by atoms with Crippen LogP contribution in [0.5, 0.6) is 0 Å². The van der Waals surface area contributed by atoms with Crippen LogP contribution in [-0.2, 0) is 4.79 Å². The van der Waals surface area contributed by atoms with E-state index in [1.165, 1.54) is 6.92 Å². The highest BCUT2D eigenvalue weighted by atomic mass is 16.3. The zero-order chi connectivity index (χ0) is 13.8. The van der Waals surface area contributed by atoms with Crippen LogP contribution >= 0.6 is 0 Å². The largest absolute Gasteiger partial charge is 0.464 e. The zero-order valence-electron chi connectivity index (χ0n) is 11.4. The van der Waals surface area contributed by atoms with Gasteiger partial charge in [0.2, 0.25) is 5.91 Å². The lowest BCUT2D eigenvalue weighted by Gasteiger charge is -2.14. The molecule has 0 saturated carbocycles. The van der Waals surface area contributed by atoms with Crippen LogP contribution in [0.2, 0.25) is 0 Å². The van der Waals surface area contributed by atoms with Crippen molar-refractivity contribution in [1.82, 2.24) is 0 Å². The highest BCUT2D eigenvalue weighted by Gasteiger charge is 2.09. The fourth-order valence-electron chi connectivity index (χ4n) is 1.90. The smallest absolute Gasteiger partial charge is 0.221 e. The van der Waals surface area contributed by atoms with E-state index in [0.717, 1.165) is 22.9 Å². The molecule has 1 unspecified atom stereocenters. The van der Waals surface area contributed by atoms with E-state index in [2.05, 4.69) is 10.6 Å². The Morgan fingerprint density at radius 2 is 1.95 bits per heavy atom. The highest BCUT2D eigenvalue weighted by molar-refractivity contribution is 5.89. The van der Waals surface area contributed by atoms with Gasteiger partial charge in [0.1, 0.15) is 11.5 Å². The van der Waals surface area contributed by atoms with E-state index in [1.807, 2.05) is 50.2 Å². The average Bonchev–Trinajstić information content (AvgIpc) is 2.75. The number of amides is 1. The Hall–Kier alpha value is -2.23. The summed E-state index contributed by atoms with van der Waals surface area (Å²) in [4.78, 5) is 11.0. The van der Waals surface area contributed by atoms with Gasteiger partial charge in [-0.25, -0.2) is 0 Å². The first-order valence-corrected chi connectivity index (χ1v) is 6.25. The van der Waals surface area contributed by atoms with Gasteiger partial charge in [-0.05, 0) is 44.2 Å². The summed E-state index contributed by atoms with van der Waals surface area (Å²) in [6.07, 6.45) is 0. The third kappa shape index (κ3) is 3.61. The Kier molecular flexibility index (Phi) is 3.90. The maximum absolute atomic E-state index is 11.0. The molecule has 1 aromatic heterocycles. The molecular weight excluding hydrogens is 240 g/mol. The van der Waals surface area contributed by atoms with Gasteiger partial charge in [-0.3, -0.25) is 4.79 Å². The van der Waals surface area contributed by atoms with Gasteiger partial charge in [-0.2, -0.15) is 0 Å². The second-order valence-electron chi connectivity index (χ2n) is 4.58. The molecule has 0 fully saturated rings. The molecule has 4 nitrogen and oxygen atoms in total. The third-order valence-electron chi connectivity index (χ3n) is 2.75. The average molecular weight is 258 g/mol. The molecule has 1 aromatic carbocycles. The fourth-order valence-corrected chi connectivity index (χ4v) is 1.90. The summed E-state index contributed by atoms with van der Waals surface area (Å²) in [5.41, 5.74) is 1.72. The van der Waals surface area contributed by atoms with Gasteiger partial charge in [0.25, 0.3) is 0 Å². The second-order valence-corrected chi connectivity index (χ2v) is 4.58. The van der Waals surface area contributed by atoms with Crippen molar-refractivity contribution in [1.29, 1.82) is 0 Å². The summed E-state index contributed by atoms with van der Waals surface area (Å²) in [7, 11) is 0. The molecule has 1 heterocycles. The standard InChI is InChI=1S/C15H18N2O2/c1-10-7-8-15(19-10)11(2)16-13-5-4-6-14(9-13)17-12(3)18/h4-9,11,16H,1-3H3,(H,17,18). The topological polar surface area (TPSA) is 54.3 Å². The zero-order valence-corrected chi connectivity index (χ0v) is 11.4. The lowest BCUT2D eigenvalue weighted by atomic mass is 10.2. The number of nitrogens with one attached hydrogen (secondary N) is 2. The monoisotopic (exact) mass is 258 g/mol. The number of rotatable bonds is 4. The molecule has 0 spiro atoms. The number of furan rings is 1. The van der Waals surface area contributed by atoms with E-state index in [1.54, 1.807) is 0 Å². The number of carbonyl (C=O) groups excluding carboxylic acids is 1. The second kappa shape index (κ2) is 5.61. The van der Waals surface area contributed by atoms with E-state index in [9.17, 15) is 4.79 Å². The molecule has 0 radical (unpaired) electrons. The predicted octanol–water partition coefficient (Wildman–Crippen LogP) is 3.72. The van der Waals surface area contributed by atoms with Crippen LogP contribution in [-0.4, -0.2) is 5.91 Å². The Morgan fingerprint density at radius 3 is 2.58 bits per heavy atom. The number of hydrogen-bond acceptors (Lipinski definition) is 3. The molecule has 1 amide bonds. The van der Waals surface area contributed by atoms with Crippen molar-refractivity contribution in [3.63, 3.8) is 0 Å². The summed E-state index contributed by atoms with van der Waals surface area (Å²) in [6, 6.07) is 11.6. The van der Waals surface area contributed by atoms with Crippen molar-refractivity contribution >= 4 is 17.3 Å². The minimum absolute atomic E-state index is 0.0706. The number of anilines is 2. The van der Waals surface area contributed by atoms with Crippen LogP contribution in [0.25, 0.3) is 0 Å². The highest BCUT2D eigenvalue weighted by Crippen LogP contribution is 2.23. The van der Waals surface area contributed by atoms with Crippen LogP contribution in [0.3, 0.4) is 0 Å². The summed E-state index contributed by atoms with van der Waals surface area (Å²) >= 11 is 0. The molecule has 2 aromatic rings. The SMILES string of the molecule is CC(=O)Nc1cccc(NC(C)c2ccc(C)o2)c1. The molecular formula is C15H18N2O2. The Labute approximate surface area is 112 Å². The van der Waals surface area contributed by atoms with Gasteiger partial charge in [0, 0.05) is 18.3 Å². The first-order chi connectivity index (χ1) is 9.04.